The number of allylic oxidation sites excluding steroid dienone is 1. The first-order valence-corrected chi connectivity index (χ1v) is 6.42. The number of aliphatic hydroxyl groups is 1. The van der Waals surface area contributed by atoms with Gasteiger partial charge in [-0.25, -0.2) is 4.39 Å². The molecule has 1 N–H and O–H groups in total. The van der Waals surface area contributed by atoms with E-state index in [0.717, 1.165) is 0 Å². The molecule has 2 rings (SSSR count). The summed E-state index contributed by atoms with van der Waals surface area (Å²) >= 11 is 0. The van der Waals surface area contributed by atoms with E-state index in [4.69, 9.17) is 0 Å². The van der Waals surface area contributed by atoms with Crippen LogP contribution in [-0.2, 0) is 4.79 Å². The fourth-order valence-corrected chi connectivity index (χ4v) is 2.20. The molecule has 0 amide bonds. The van der Waals surface area contributed by atoms with Gasteiger partial charge in [0.15, 0.2) is 0 Å². The Morgan fingerprint density at radius 1 is 1.26 bits per heavy atom. The number of hydrogen-bond acceptors (Lipinski definition) is 6. The molecule has 120 valence electrons. The summed E-state index contributed by atoms with van der Waals surface area (Å²) in [4.78, 5) is 31.9. The maximum atomic E-state index is 14.9. The third-order valence-electron chi connectivity index (χ3n) is 3.43. The van der Waals surface area contributed by atoms with Gasteiger partial charge in [0.1, 0.15) is 6.10 Å². The second kappa shape index (κ2) is 6.05. The predicted molar refractivity (Wildman–Crippen MR) is 75.2 cm³/mol. The normalized spacial score (nSPS) is 24.6. The van der Waals surface area contributed by atoms with Crippen molar-refractivity contribution in [2.75, 3.05) is 0 Å². The van der Waals surface area contributed by atoms with Crippen LogP contribution in [0.1, 0.15) is 11.7 Å². The van der Waals surface area contributed by atoms with Gasteiger partial charge in [-0.2, -0.15) is 0 Å². The molecule has 9 heteroatoms. The zero-order chi connectivity index (χ0) is 17.2. The number of benzene rings is 1. The Morgan fingerprint density at radius 3 is 2.39 bits per heavy atom. The van der Waals surface area contributed by atoms with E-state index in [1.807, 2.05) is 0 Å². The molecule has 0 saturated heterocycles. The van der Waals surface area contributed by atoms with Crippen LogP contribution in [0.3, 0.4) is 0 Å². The highest BCUT2D eigenvalue weighted by Gasteiger charge is 2.55. The van der Waals surface area contributed by atoms with Crippen LogP contribution in [0.4, 0.5) is 4.39 Å². The van der Waals surface area contributed by atoms with E-state index in [9.17, 15) is 34.5 Å². The molecule has 3 atom stereocenters. The SMILES string of the molecule is O=C(C(O)c1ccccc1)C1(F)C=CC([N+](=O)[O-])=CC1[N+](=O)[O-]. The summed E-state index contributed by atoms with van der Waals surface area (Å²) in [5, 5.41) is 31.7. The van der Waals surface area contributed by atoms with Crippen LogP contribution >= 0.6 is 0 Å². The van der Waals surface area contributed by atoms with E-state index in [1.165, 1.54) is 24.3 Å². The summed E-state index contributed by atoms with van der Waals surface area (Å²) in [5.41, 5.74) is -3.81. The smallest absolute Gasteiger partial charge is 0.282 e. The molecule has 1 aliphatic rings. The maximum Gasteiger partial charge on any atom is 0.282 e. The summed E-state index contributed by atoms with van der Waals surface area (Å²) in [7, 11) is 0. The molecule has 0 spiro atoms. The molecule has 23 heavy (non-hydrogen) atoms. The number of aliphatic hydroxyl groups excluding tert-OH is 1. The molecule has 0 aromatic heterocycles. The maximum absolute atomic E-state index is 14.9. The van der Waals surface area contributed by atoms with Gasteiger partial charge in [-0.3, -0.25) is 25.0 Å². The molecule has 0 radical (unpaired) electrons. The molecule has 8 nitrogen and oxygen atoms in total. The van der Waals surface area contributed by atoms with Crippen LogP contribution in [0.2, 0.25) is 0 Å². The molecule has 0 saturated carbocycles. The van der Waals surface area contributed by atoms with E-state index in [2.05, 4.69) is 0 Å². The van der Waals surface area contributed by atoms with Gasteiger partial charge in [0, 0.05) is 11.0 Å². The zero-order valence-electron chi connectivity index (χ0n) is 11.5. The number of ketones is 1. The standard InChI is InChI=1S/C14H11FN2O6/c15-14(13(19)12(18)9-4-2-1-3-5-9)7-6-10(16(20)21)8-11(14)17(22)23/h1-8,11-12,18H. The monoisotopic (exact) mass is 322 g/mol. The van der Waals surface area contributed by atoms with Gasteiger partial charge >= 0.3 is 0 Å². The molecule has 0 heterocycles. The summed E-state index contributed by atoms with van der Waals surface area (Å²) in [6.07, 6.45) is -0.350. The lowest BCUT2D eigenvalue weighted by molar-refractivity contribution is -0.523. The molecule has 0 aliphatic heterocycles. The Labute approximate surface area is 128 Å². The van der Waals surface area contributed by atoms with Crippen molar-refractivity contribution in [1.29, 1.82) is 0 Å². The number of rotatable bonds is 5. The van der Waals surface area contributed by atoms with Crippen molar-refractivity contribution in [3.63, 3.8) is 0 Å². The first-order valence-electron chi connectivity index (χ1n) is 6.42. The fourth-order valence-electron chi connectivity index (χ4n) is 2.20. The second-order valence-electron chi connectivity index (χ2n) is 4.86. The number of hydrogen-bond donors (Lipinski definition) is 1. The number of Topliss-reactive ketones (excluding diaryl/α,β-unsaturated/α-hetero) is 1. The Kier molecular flexibility index (Phi) is 4.32. The zero-order valence-corrected chi connectivity index (χ0v) is 11.5. The highest BCUT2D eigenvalue weighted by atomic mass is 19.1. The van der Waals surface area contributed by atoms with Crippen LogP contribution < -0.4 is 0 Å². The second-order valence-corrected chi connectivity index (χ2v) is 4.86. The molecule has 1 aromatic rings. The first kappa shape index (κ1) is 16.4. The summed E-state index contributed by atoms with van der Waals surface area (Å²) in [6.45, 7) is 0. The van der Waals surface area contributed by atoms with Crippen LogP contribution in [0.5, 0.6) is 0 Å². The van der Waals surface area contributed by atoms with Crippen LogP contribution in [0.25, 0.3) is 0 Å². The van der Waals surface area contributed by atoms with Crippen molar-refractivity contribution in [1.82, 2.24) is 0 Å². The molecule has 0 bridgehead atoms. The predicted octanol–water partition coefficient (Wildman–Crippen LogP) is 1.37. The van der Waals surface area contributed by atoms with Crippen molar-refractivity contribution < 1.29 is 24.1 Å². The van der Waals surface area contributed by atoms with E-state index in [-0.39, 0.29) is 5.56 Å². The number of carbonyl (C=O) groups excluding carboxylic acids is 1. The van der Waals surface area contributed by atoms with Gasteiger partial charge in [-0.1, -0.05) is 30.3 Å². The molecule has 3 unspecified atom stereocenters. The lowest BCUT2D eigenvalue weighted by atomic mass is 9.83. The van der Waals surface area contributed by atoms with Crippen molar-refractivity contribution in [2.45, 2.75) is 17.8 Å². The van der Waals surface area contributed by atoms with Crippen molar-refractivity contribution >= 4 is 5.78 Å². The van der Waals surface area contributed by atoms with Gasteiger partial charge in [-0.15, -0.1) is 0 Å². The fraction of sp³-hybridized carbons (Fsp3) is 0.214. The Morgan fingerprint density at radius 2 is 1.87 bits per heavy atom. The molecular formula is C14H11FN2O6. The van der Waals surface area contributed by atoms with Crippen molar-refractivity contribution in [3.8, 4) is 0 Å². The van der Waals surface area contributed by atoms with E-state index >= 15 is 0 Å². The Hall–Kier alpha value is -2.94. The molecule has 1 aliphatic carbocycles. The van der Waals surface area contributed by atoms with Crippen LogP contribution in [0, 0.1) is 20.2 Å². The van der Waals surface area contributed by atoms with E-state index in [0.29, 0.717) is 18.2 Å². The quantitative estimate of drug-likeness (QED) is 0.645. The van der Waals surface area contributed by atoms with E-state index < -0.39 is 39.1 Å². The molecular weight excluding hydrogens is 311 g/mol. The molecule has 0 fully saturated rings. The summed E-state index contributed by atoms with van der Waals surface area (Å²) in [5.74, 6) is -1.46. The topological polar surface area (TPSA) is 124 Å². The van der Waals surface area contributed by atoms with E-state index in [1.54, 1.807) is 6.07 Å². The average molecular weight is 322 g/mol. The third kappa shape index (κ3) is 2.99. The molecule has 1 aromatic carbocycles. The number of halogens is 1. The number of carbonyl (C=O) groups is 1. The van der Waals surface area contributed by atoms with Crippen LogP contribution in [0.15, 0.2) is 54.3 Å². The summed E-state index contributed by atoms with van der Waals surface area (Å²) in [6, 6.07) is 5.04. The van der Waals surface area contributed by atoms with Gasteiger partial charge in [-0.05, 0) is 11.6 Å². The average Bonchev–Trinajstić information content (AvgIpc) is 2.54. The largest absolute Gasteiger partial charge is 0.380 e. The highest BCUT2D eigenvalue weighted by molar-refractivity contribution is 5.95. The van der Waals surface area contributed by atoms with Gasteiger partial charge in [0.2, 0.25) is 5.78 Å². The van der Waals surface area contributed by atoms with Crippen molar-refractivity contribution in [3.05, 3.63) is 80.0 Å². The Balaban J connectivity index is 2.40. The number of nitrogens with zero attached hydrogens (tertiary/aromatic N) is 2. The highest BCUT2D eigenvalue weighted by Crippen LogP contribution is 2.33. The van der Waals surface area contributed by atoms with Gasteiger partial charge in [0.25, 0.3) is 17.4 Å². The lowest BCUT2D eigenvalue weighted by Gasteiger charge is -2.26. The minimum atomic E-state index is -3.18. The Bertz CT molecular complexity index is 717. The third-order valence-corrected chi connectivity index (χ3v) is 3.43. The first-order chi connectivity index (χ1) is 10.8. The minimum absolute atomic E-state index is 0.0640. The number of nitro groups is 2. The van der Waals surface area contributed by atoms with Crippen molar-refractivity contribution in [2.24, 2.45) is 0 Å². The lowest BCUT2D eigenvalue weighted by Crippen LogP contribution is -2.50. The number of alkyl halides is 1. The van der Waals surface area contributed by atoms with Crippen LogP contribution in [-0.4, -0.2) is 32.4 Å². The van der Waals surface area contributed by atoms with Gasteiger partial charge in [0.05, 0.1) is 11.0 Å². The van der Waals surface area contributed by atoms with Gasteiger partial charge < -0.3 is 5.11 Å². The minimum Gasteiger partial charge on any atom is -0.380 e. The summed E-state index contributed by atoms with van der Waals surface area (Å²) < 4.78 is 14.9.